The summed E-state index contributed by atoms with van der Waals surface area (Å²) in [5.41, 5.74) is 0.393. The number of rotatable bonds is 4. The fourth-order valence-corrected chi connectivity index (χ4v) is 3.68. The van der Waals surface area contributed by atoms with Gasteiger partial charge in [0.05, 0.1) is 0 Å². The zero-order valence-electron chi connectivity index (χ0n) is 9.96. The van der Waals surface area contributed by atoms with Gasteiger partial charge in [0, 0.05) is 0 Å². The van der Waals surface area contributed by atoms with Gasteiger partial charge in [0.25, 0.3) is 16.0 Å². The van der Waals surface area contributed by atoms with Crippen molar-refractivity contribution in [1.29, 1.82) is 0 Å². The van der Waals surface area contributed by atoms with Crippen LogP contribution in [0.5, 0.6) is 0 Å². The highest BCUT2D eigenvalue weighted by Gasteiger charge is 2.22. The minimum atomic E-state index is -3.87. The Kier molecular flexibility index (Phi) is 3.28. The molecular weight excluding hydrogens is 292 g/mol. The molecule has 0 aliphatic heterocycles. The Morgan fingerprint density at radius 2 is 2.16 bits per heavy atom. The Hall–Kier alpha value is -1.94. The van der Waals surface area contributed by atoms with Gasteiger partial charge in [0.15, 0.2) is 0 Å². The molecule has 0 saturated carbocycles. The summed E-state index contributed by atoms with van der Waals surface area (Å²) in [7, 11) is -3.87. The van der Waals surface area contributed by atoms with Gasteiger partial charge in [-0.25, -0.2) is 17.9 Å². The van der Waals surface area contributed by atoms with Crippen LogP contribution in [-0.4, -0.2) is 34.7 Å². The third kappa shape index (κ3) is 2.74. The Bertz CT molecular complexity index is 731. The van der Waals surface area contributed by atoms with Crippen LogP contribution in [0.1, 0.15) is 21.1 Å². The molecule has 19 heavy (non-hydrogen) atoms. The van der Waals surface area contributed by atoms with Crippen molar-refractivity contribution >= 4 is 33.3 Å². The number of carbonyl (C=O) groups is 1. The normalized spacial score (nSPS) is 11.5. The van der Waals surface area contributed by atoms with Crippen LogP contribution in [0.2, 0.25) is 0 Å². The lowest BCUT2D eigenvalue weighted by Crippen LogP contribution is -2.12. The van der Waals surface area contributed by atoms with Crippen molar-refractivity contribution in [3.8, 4) is 0 Å². The number of carboxylic acids is 1. The Balaban J connectivity index is 2.34. The number of aromatic carboxylic acids is 1. The summed E-state index contributed by atoms with van der Waals surface area (Å²) in [6, 6.07) is 1.30. The molecule has 102 valence electrons. The first kappa shape index (κ1) is 13.5. The fourth-order valence-electron chi connectivity index (χ4n) is 1.36. The van der Waals surface area contributed by atoms with E-state index in [9.17, 15) is 13.2 Å². The van der Waals surface area contributed by atoms with Crippen LogP contribution in [-0.2, 0) is 10.0 Å². The molecule has 0 amide bonds. The van der Waals surface area contributed by atoms with Gasteiger partial charge in [-0.3, -0.25) is 5.10 Å². The monoisotopic (exact) mass is 302 g/mol. The van der Waals surface area contributed by atoms with E-state index in [0.29, 0.717) is 22.7 Å². The summed E-state index contributed by atoms with van der Waals surface area (Å²) in [4.78, 5) is 14.7. The molecule has 2 rings (SSSR count). The van der Waals surface area contributed by atoms with Gasteiger partial charge in [0.2, 0.25) is 0 Å². The lowest BCUT2D eigenvalue weighted by Gasteiger charge is -2.00. The smallest absolute Gasteiger partial charge is 0.346 e. The molecule has 2 aromatic heterocycles. The van der Waals surface area contributed by atoms with E-state index < -0.39 is 16.0 Å². The van der Waals surface area contributed by atoms with E-state index in [1.54, 1.807) is 6.92 Å². The first-order chi connectivity index (χ1) is 8.79. The zero-order valence-corrected chi connectivity index (χ0v) is 11.6. The molecule has 0 aliphatic rings. The summed E-state index contributed by atoms with van der Waals surface area (Å²) in [6.45, 7) is 3.17. The fraction of sp³-hybridized carbons (Fsp3) is 0.222. The van der Waals surface area contributed by atoms with Crippen molar-refractivity contribution < 1.29 is 18.3 Å². The maximum atomic E-state index is 12.0. The molecule has 10 heteroatoms. The number of nitrogens with one attached hydrogen (secondary N) is 2. The molecule has 3 N–H and O–H groups in total. The van der Waals surface area contributed by atoms with Crippen molar-refractivity contribution in [3.05, 3.63) is 22.3 Å². The van der Waals surface area contributed by atoms with Gasteiger partial charge in [-0.2, -0.15) is 4.98 Å². The average molecular weight is 302 g/mol. The van der Waals surface area contributed by atoms with Crippen LogP contribution in [0.4, 0.5) is 5.95 Å². The lowest BCUT2D eigenvalue weighted by atomic mass is 10.3. The third-order valence-electron chi connectivity index (χ3n) is 2.18. The number of nitrogens with zero attached hydrogens (tertiary/aromatic N) is 2. The minimum absolute atomic E-state index is 0.00783. The number of sulfonamides is 1. The molecule has 0 unspecified atom stereocenters. The number of aromatic nitrogens is 3. The SMILES string of the molecule is Cc1nc(NS(=O)(=O)c2cc(C)c(C(=O)O)s2)n[nH]1. The summed E-state index contributed by atoms with van der Waals surface area (Å²) >= 11 is 0.685. The molecule has 0 fully saturated rings. The quantitative estimate of drug-likeness (QED) is 0.773. The summed E-state index contributed by atoms with van der Waals surface area (Å²) < 4.78 is 26.1. The van der Waals surface area contributed by atoms with E-state index in [4.69, 9.17) is 5.11 Å². The van der Waals surface area contributed by atoms with Crippen molar-refractivity contribution in [3.63, 3.8) is 0 Å². The van der Waals surface area contributed by atoms with Crippen LogP contribution >= 0.6 is 11.3 Å². The predicted octanol–water partition coefficient (Wildman–Crippen LogP) is 0.982. The van der Waals surface area contributed by atoms with E-state index in [2.05, 4.69) is 19.9 Å². The summed E-state index contributed by atoms with van der Waals surface area (Å²) in [5, 5.41) is 15.1. The molecule has 8 nitrogen and oxygen atoms in total. The standard InChI is InChI=1S/C9H10N4O4S2/c1-4-3-6(18-7(4)8(14)15)19(16,17)13-9-10-5(2)11-12-9/h3H,1-2H3,(H,14,15)(H2,10,11,12,13). The van der Waals surface area contributed by atoms with Crippen LogP contribution in [0.25, 0.3) is 0 Å². The molecule has 2 aromatic rings. The van der Waals surface area contributed by atoms with Gasteiger partial charge < -0.3 is 5.11 Å². The van der Waals surface area contributed by atoms with Crippen LogP contribution < -0.4 is 4.72 Å². The van der Waals surface area contributed by atoms with E-state index in [1.165, 1.54) is 13.0 Å². The maximum Gasteiger partial charge on any atom is 0.346 e. The summed E-state index contributed by atoms with van der Waals surface area (Å²) in [5.74, 6) is -0.774. The van der Waals surface area contributed by atoms with E-state index in [0.717, 1.165) is 0 Å². The van der Waals surface area contributed by atoms with Crippen LogP contribution in [0.15, 0.2) is 10.3 Å². The van der Waals surface area contributed by atoms with Gasteiger partial charge in [0.1, 0.15) is 14.9 Å². The molecule has 0 atom stereocenters. The van der Waals surface area contributed by atoms with Crippen molar-refractivity contribution in [2.24, 2.45) is 0 Å². The molecule has 0 aliphatic carbocycles. The topological polar surface area (TPSA) is 125 Å². The van der Waals surface area contributed by atoms with Crippen LogP contribution in [0.3, 0.4) is 0 Å². The third-order valence-corrected chi connectivity index (χ3v) is 5.20. The first-order valence-electron chi connectivity index (χ1n) is 5.05. The van der Waals surface area contributed by atoms with Gasteiger partial charge in [-0.05, 0) is 25.5 Å². The first-order valence-corrected chi connectivity index (χ1v) is 7.35. The Morgan fingerprint density at radius 1 is 1.47 bits per heavy atom. The number of thiophene rings is 1. The van der Waals surface area contributed by atoms with E-state index in [-0.39, 0.29) is 15.0 Å². The predicted molar refractivity (Wildman–Crippen MR) is 67.9 cm³/mol. The van der Waals surface area contributed by atoms with Crippen molar-refractivity contribution in [1.82, 2.24) is 15.2 Å². The van der Waals surface area contributed by atoms with Crippen molar-refractivity contribution in [2.75, 3.05) is 4.72 Å². The maximum absolute atomic E-state index is 12.0. The number of hydrogen-bond donors (Lipinski definition) is 3. The van der Waals surface area contributed by atoms with E-state index in [1.807, 2.05) is 0 Å². The molecule has 0 bridgehead atoms. The molecular formula is C9H10N4O4S2. The zero-order chi connectivity index (χ0) is 14.2. The average Bonchev–Trinajstić information content (AvgIpc) is 2.84. The molecule has 0 radical (unpaired) electrons. The highest BCUT2D eigenvalue weighted by Crippen LogP contribution is 2.27. The summed E-state index contributed by atoms with van der Waals surface area (Å²) in [6.07, 6.45) is 0. The van der Waals surface area contributed by atoms with Crippen LogP contribution in [0, 0.1) is 13.8 Å². The van der Waals surface area contributed by atoms with E-state index >= 15 is 0 Å². The molecule has 0 spiro atoms. The number of aryl methyl sites for hydroxylation is 2. The largest absolute Gasteiger partial charge is 0.477 e. The molecule has 2 heterocycles. The highest BCUT2D eigenvalue weighted by atomic mass is 32.2. The number of aromatic amines is 1. The highest BCUT2D eigenvalue weighted by molar-refractivity contribution is 7.94. The lowest BCUT2D eigenvalue weighted by molar-refractivity contribution is 0.0701. The molecule has 0 saturated heterocycles. The second-order valence-corrected chi connectivity index (χ2v) is 6.69. The number of hydrogen-bond acceptors (Lipinski definition) is 6. The molecule has 0 aromatic carbocycles. The number of H-pyrrole nitrogens is 1. The minimum Gasteiger partial charge on any atom is -0.477 e. The second kappa shape index (κ2) is 4.63. The Morgan fingerprint density at radius 3 is 2.63 bits per heavy atom. The van der Waals surface area contributed by atoms with Gasteiger partial charge in [-0.1, -0.05) is 0 Å². The second-order valence-electron chi connectivity index (χ2n) is 3.73. The van der Waals surface area contributed by atoms with Crippen molar-refractivity contribution in [2.45, 2.75) is 18.1 Å². The Labute approximate surface area is 112 Å². The van der Waals surface area contributed by atoms with Gasteiger partial charge >= 0.3 is 5.97 Å². The number of carboxylic acid groups (broad SMARTS) is 1. The van der Waals surface area contributed by atoms with Gasteiger partial charge in [-0.15, -0.1) is 16.4 Å². The number of anilines is 1.